The van der Waals surface area contributed by atoms with Gasteiger partial charge in [0.05, 0.1) is 12.2 Å². The second-order valence-corrected chi connectivity index (χ2v) is 8.37. The maximum Gasteiger partial charge on any atom is 0.414 e. The van der Waals surface area contributed by atoms with E-state index in [1.54, 1.807) is 13.0 Å². The molecule has 0 aromatic carbocycles. The maximum absolute atomic E-state index is 12.7. The molecule has 0 spiro atoms. The van der Waals surface area contributed by atoms with Gasteiger partial charge in [0.15, 0.2) is 0 Å². The Kier molecular flexibility index (Phi) is 7.00. The number of fused-ring (bicyclic) bond motifs is 1. The Balaban J connectivity index is 1.83. The van der Waals surface area contributed by atoms with Crippen LogP contribution in [-0.2, 0) is 22.4 Å². The number of imide groups is 1. The first kappa shape index (κ1) is 20.3. The van der Waals surface area contributed by atoms with Crippen LogP contribution >= 0.6 is 22.7 Å². The number of carbonyl (C=O) groups excluding carboxylic acids is 3. The van der Waals surface area contributed by atoms with Crippen LogP contribution in [-0.4, -0.2) is 24.5 Å². The molecule has 0 atom stereocenters. The number of carbonyl (C=O) groups is 3. The van der Waals surface area contributed by atoms with Gasteiger partial charge < -0.3 is 10.1 Å². The third-order valence-electron chi connectivity index (χ3n) is 4.32. The molecule has 8 heteroatoms. The van der Waals surface area contributed by atoms with Crippen molar-refractivity contribution in [3.05, 3.63) is 44.5 Å². The Labute approximate surface area is 171 Å². The van der Waals surface area contributed by atoms with Crippen molar-refractivity contribution in [1.82, 2.24) is 5.32 Å². The van der Waals surface area contributed by atoms with Gasteiger partial charge >= 0.3 is 6.09 Å². The summed E-state index contributed by atoms with van der Waals surface area (Å²) in [6.07, 6.45) is 7.18. The monoisotopic (exact) mass is 418 g/mol. The number of nitrogens with one attached hydrogen (secondary N) is 2. The molecule has 28 heavy (non-hydrogen) atoms. The molecule has 0 saturated carbocycles. The Bertz CT molecular complexity index is 884. The highest BCUT2D eigenvalue weighted by Gasteiger charge is 2.26. The van der Waals surface area contributed by atoms with Gasteiger partial charge in [0.1, 0.15) is 5.00 Å². The summed E-state index contributed by atoms with van der Waals surface area (Å²) in [5.74, 6) is -0.842. The molecule has 0 unspecified atom stereocenters. The summed E-state index contributed by atoms with van der Waals surface area (Å²) in [7, 11) is 0. The SMILES string of the molecule is CCOC(=O)NC(=O)c1c(NC(=O)/C=C/c2cccs2)sc2c1CCCCC2. The van der Waals surface area contributed by atoms with Crippen molar-refractivity contribution in [2.24, 2.45) is 0 Å². The second kappa shape index (κ2) is 9.66. The summed E-state index contributed by atoms with van der Waals surface area (Å²) in [5, 5.41) is 7.50. The van der Waals surface area contributed by atoms with Gasteiger partial charge in [0, 0.05) is 15.8 Å². The summed E-state index contributed by atoms with van der Waals surface area (Å²) in [6, 6.07) is 3.83. The number of rotatable bonds is 5. The normalized spacial score (nSPS) is 13.6. The molecule has 2 aromatic heterocycles. The van der Waals surface area contributed by atoms with Crippen LogP contribution in [0, 0.1) is 0 Å². The lowest BCUT2D eigenvalue weighted by molar-refractivity contribution is -0.111. The minimum absolute atomic E-state index is 0.179. The van der Waals surface area contributed by atoms with E-state index < -0.39 is 12.0 Å². The number of hydrogen-bond donors (Lipinski definition) is 2. The van der Waals surface area contributed by atoms with E-state index in [1.807, 2.05) is 17.5 Å². The predicted molar refractivity (Wildman–Crippen MR) is 112 cm³/mol. The lowest BCUT2D eigenvalue weighted by Crippen LogP contribution is -2.32. The molecule has 1 aliphatic carbocycles. The molecule has 0 bridgehead atoms. The highest BCUT2D eigenvalue weighted by atomic mass is 32.1. The number of alkyl carbamates (subject to hydrolysis) is 1. The number of anilines is 1. The zero-order valence-electron chi connectivity index (χ0n) is 15.6. The van der Waals surface area contributed by atoms with Crippen LogP contribution in [0.2, 0.25) is 0 Å². The topological polar surface area (TPSA) is 84.5 Å². The van der Waals surface area contributed by atoms with Crippen LogP contribution in [0.15, 0.2) is 23.6 Å². The van der Waals surface area contributed by atoms with Crippen LogP contribution in [0.25, 0.3) is 6.08 Å². The fourth-order valence-electron chi connectivity index (χ4n) is 3.09. The molecule has 2 aromatic rings. The van der Waals surface area contributed by atoms with E-state index in [2.05, 4.69) is 10.6 Å². The van der Waals surface area contributed by atoms with Gasteiger partial charge in [-0.15, -0.1) is 22.7 Å². The molecule has 1 aliphatic rings. The fraction of sp³-hybridized carbons (Fsp3) is 0.350. The lowest BCUT2D eigenvalue weighted by atomic mass is 10.0. The largest absolute Gasteiger partial charge is 0.450 e. The summed E-state index contributed by atoms with van der Waals surface area (Å²) in [6.45, 7) is 1.85. The van der Waals surface area contributed by atoms with Crippen molar-refractivity contribution in [3.63, 3.8) is 0 Å². The molecule has 0 radical (unpaired) electrons. The van der Waals surface area contributed by atoms with E-state index in [0.717, 1.165) is 47.4 Å². The molecule has 0 saturated heterocycles. The van der Waals surface area contributed by atoms with Crippen LogP contribution in [0.4, 0.5) is 9.80 Å². The van der Waals surface area contributed by atoms with E-state index >= 15 is 0 Å². The third kappa shape index (κ3) is 5.08. The van der Waals surface area contributed by atoms with Gasteiger partial charge in [0.2, 0.25) is 5.91 Å². The maximum atomic E-state index is 12.7. The van der Waals surface area contributed by atoms with Crippen LogP contribution in [0.3, 0.4) is 0 Å². The highest BCUT2D eigenvalue weighted by Crippen LogP contribution is 2.37. The Morgan fingerprint density at radius 1 is 1.21 bits per heavy atom. The Morgan fingerprint density at radius 3 is 2.79 bits per heavy atom. The van der Waals surface area contributed by atoms with Gasteiger partial charge in [-0.3, -0.25) is 14.9 Å². The van der Waals surface area contributed by atoms with Crippen molar-refractivity contribution in [2.75, 3.05) is 11.9 Å². The highest BCUT2D eigenvalue weighted by molar-refractivity contribution is 7.17. The average molecular weight is 419 g/mol. The molecule has 2 heterocycles. The number of ether oxygens (including phenoxy) is 1. The second-order valence-electron chi connectivity index (χ2n) is 6.28. The molecule has 6 nitrogen and oxygen atoms in total. The van der Waals surface area contributed by atoms with E-state index in [1.165, 1.54) is 28.7 Å². The van der Waals surface area contributed by atoms with E-state index in [4.69, 9.17) is 4.74 Å². The van der Waals surface area contributed by atoms with Gasteiger partial charge in [-0.25, -0.2) is 4.79 Å². The van der Waals surface area contributed by atoms with Gasteiger partial charge in [-0.1, -0.05) is 12.5 Å². The van der Waals surface area contributed by atoms with Crippen molar-refractivity contribution >= 4 is 51.7 Å². The molecule has 0 aliphatic heterocycles. The Hall–Kier alpha value is -2.45. The van der Waals surface area contributed by atoms with Crippen LogP contribution < -0.4 is 10.6 Å². The molecule has 2 N–H and O–H groups in total. The molecule has 3 rings (SSSR count). The summed E-state index contributed by atoms with van der Waals surface area (Å²) < 4.78 is 4.82. The zero-order valence-corrected chi connectivity index (χ0v) is 17.2. The zero-order chi connectivity index (χ0) is 19.9. The molecule has 148 valence electrons. The fourth-order valence-corrected chi connectivity index (χ4v) is 5.00. The summed E-state index contributed by atoms with van der Waals surface area (Å²) >= 11 is 2.95. The van der Waals surface area contributed by atoms with Crippen LogP contribution in [0.1, 0.15) is 51.9 Å². The third-order valence-corrected chi connectivity index (χ3v) is 6.36. The average Bonchev–Trinajstić information content (AvgIpc) is 3.22. The predicted octanol–water partition coefficient (Wildman–Crippen LogP) is 4.62. The Morgan fingerprint density at radius 2 is 2.04 bits per heavy atom. The lowest BCUT2D eigenvalue weighted by Gasteiger charge is -2.08. The number of aryl methyl sites for hydroxylation is 1. The minimum Gasteiger partial charge on any atom is -0.450 e. The molecular weight excluding hydrogens is 396 g/mol. The van der Waals surface area contributed by atoms with Crippen LogP contribution in [0.5, 0.6) is 0 Å². The number of hydrogen-bond acceptors (Lipinski definition) is 6. The first-order chi connectivity index (χ1) is 13.6. The van der Waals surface area contributed by atoms with E-state index in [-0.39, 0.29) is 12.5 Å². The van der Waals surface area contributed by atoms with E-state index in [0.29, 0.717) is 10.6 Å². The van der Waals surface area contributed by atoms with Crippen molar-refractivity contribution in [2.45, 2.75) is 39.0 Å². The van der Waals surface area contributed by atoms with E-state index in [9.17, 15) is 14.4 Å². The number of amides is 3. The van der Waals surface area contributed by atoms with Crippen molar-refractivity contribution in [1.29, 1.82) is 0 Å². The van der Waals surface area contributed by atoms with Gasteiger partial charge in [-0.05, 0) is 55.7 Å². The molecular formula is C20H22N2O4S2. The molecule has 0 fully saturated rings. The number of thiophene rings is 2. The van der Waals surface area contributed by atoms with Crippen molar-refractivity contribution < 1.29 is 19.1 Å². The first-order valence-electron chi connectivity index (χ1n) is 9.23. The quantitative estimate of drug-likeness (QED) is 0.548. The summed E-state index contributed by atoms with van der Waals surface area (Å²) in [5.41, 5.74) is 1.31. The van der Waals surface area contributed by atoms with Gasteiger partial charge in [0.25, 0.3) is 5.91 Å². The first-order valence-corrected chi connectivity index (χ1v) is 10.9. The summed E-state index contributed by atoms with van der Waals surface area (Å²) in [4.78, 5) is 38.9. The van der Waals surface area contributed by atoms with Crippen molar-refractivity contribution in [3.8, 4) is 0 Å². The smallest absolute Gasteiger partial charge is 0.414 e. The molecule has 3 amide bonds. The minimum atomic E-state index is -0.782. The van der Waals surface area contributed by atoms with Gasteiger partial charge in [-0.2, -0.15) is 0 Å². The standard InChI is InChI=1S/C20H22N2O4S2/c1-2-26-20(25)22-18(24)17-14-8-4-3-5-9-15(14)28-19(17)21-16(23)11-10-13-7-6-12-27-13/h6-7,10-12H,2-5,8-9H2,1H3,(H,21,23)(H,22,24,25)/b11-10+.